The monoisotopic (exact) mass is 707 g/mol. The van der Waals surface area contributed by atoms with Crippen LogP contribution >= 0.6 is 23.2 Å². The number of benzene rings is 4. The standard InChI is InChI=1S/C41H39Cl2N3O4/c1-30-5-4-7-35(25-30)48-24-19-31-9-11-33(12-10-31)28-45-20-22-46(23-21-45)41(47)18-14-32-13-16-39(38(43)26-32)50-40-17-15-36(27-44-40)49-29-34-6-2-3-8-37(34)42/h2-18,25-27H,19-24,28-29H2,1H3/b18-14+. The van der Waals surface area contributed by atoms with E-state index in [0.717, 1.165) is 42.9 Å². The van der Waals surface area contributed by atoms with Gasteiger partial charge in [0, 0.05) is 61.9 Å². The van der Waals surface area contributed by atoms with E-state index >= 15 is 0 Å². The molecule has 9 heteroatoms. The molecule has 0 bridgehead atoms. The number of halogens is 2. The first kappa shape index (κ1) is 35.0. The molecule has 1 saturated heterocycles. The zero-order chi connectivity index (χ0) is 34.7. The summed E-state index contributed by atoms with van der Waals surface area (Å²) in [6.07, 6.45) is 5.83. The molecule has 6 rings (SSSR count). The van der Waals surface area contributed by atoms with Crippen LogP contribution in [0.3, 0.4) is 0 Å². The van der Waals surface area contributed by atoms with E-state index < -0.39 is 0 Å². The lowest BCUT2D eigenvalue weighted by Gasteiger charge is -2.34. The van der Waals surface area contributed by atoms with Crippen LogP contribution in [0.2, 0.25) is 10.0 Å². The molecule has 0 spiro atoms. The maximum Gasteiger partial charge on any atom is 0.246 e. The number of ether oxygens (including phenoxy) is 3. The Morgan fingerprint density at radius 2 is 1.60 bits per heavy atom. The number of carbonyl (C=O) groups is 1. The molecule has 7 nitrogen and oxygen atoms in total. The number of hydrogen-bond acceptors (Lipinski definition) is 6. The number of nitrogens with zero attached hydrogens (tertiary/aromatic N) is 3. The van der Waals surface area contributed by atoms with E-state index in [2.05, 4.69) is 53.2 Å². The molecule has 2 heterocycles. The minimum absolute atomic E-state index is 0.0145. The van der Waals surface area contributed by atoms with Crippen molar-refractivity contribution in [2.75, 3.05) is 32.8 Å². The van der Waals surface area contributed by atoms with Gasteiger partial charge in [0.25, 0.3) is 0 Å². The van der Waals surface area contributed by atoms with Gasteiger partial charge in [-0.25, -0.2) is 4.98 Å². The molecule has 50 heavy (non-hydrogen) atoms. The average molecular weight is 709 g/mol. The Kier molecular flexibility index (Phi) is 12.1. The summed E-state index contributed by atoms with van der Waals surface area (Å²) in [6, 6.07) is 33.3. The van der Waals surface area contributed by atoms with E-state index in [-0.39, 0.29) is 5.91 Å². The van der Waals surface area contributed by atoms with Gasteiger partial charge in [0.1, 0.15) is 23.9 Å². The van der Waals surface area contributed by atoms with Gasteiger partial charge in [0.05, 0.1) is 17.8 Å². The minimum atomic E-state index is -0.0145. The number of amides is 1. The highest BCUT2D eigenvalue weighted by atomic mass is 35.5. The minimum Gasteiger partial charge on any atom is -0.493 e. The summed E-state index contributed by atoms with van der Waals surface area (Å²) in [5.41, 5.74) is 5.42. The molecule has 5 aromatic rings. The van der Waals surface area contributed by atoms with E-state index in [4.69, 9.17) is 37.4 Å². The van der Waals surface area contributed by atoms with Gasteiger partial charge in [-0.3, -0.25) is 9.69 Å². The molecular weight excluding hydrogens is 669 g/mol. The fraction of sp³-hybridized carbons (Fsp3) is 0.220. The summed E-state index contributed by atoms with van der Waals surface area (Å²) < 4.78 is 17.6. The molecule has 1 aromatic heterocycles. The SMILES string of the molecule is Cc1cccc(OCCc2ccc(CN3CCN(C(=O)/C=C/c4ccc(Oc5ccc(OCc6ccccc6Cl)cn5)c(Cl)c4)CC3)cc2)c1. The molecular formula is C41H39Cl2N3O4. The molecule has 256 valence electrons. The largest absolute Gasteiger partial charge is 0.493 e. The Labute approximate surface area is 303 Å². The van der Waals surface area contributed by atoms with Crippen molar-refractivity contribution in [3.63, 3.8) is 0 Å². The number of pyridine rings is 1. The molecule has 4 aromatic carbocycles. The van der Waals surface area contributed by atoms with E-state index in [1.165, 1.54) is 16.7 Å². The van der Waals surface area contributed by atoms with Crippen LogP contribution in [0.15, 0.2) is 115 Å². The summed E-state index contributed by atoms with van der Waals surface area (Å²) in [6.45, 7) is 6.93. The summed E-state index contributed by atoms with van der Waals surface area (Å²) in [7, 11) is 0. The Balaban J connectivity index is 0.915. The highest BCUT2D eigenvalue weighted by molar-refractivity contribution is 6.32. The highest BCUT2D eigenvalue weighted by Crippen LogP contribution is 2.30. The maximum atomic E-state index is 13.0. The van der Waals surface area contributed by atoms with Crippen LogP contribution in [-0.2, 0) is 24.4 Å². The lowest BCUT2D eigenvalue weighted by molar-refractivity contribution is -0.127. The van der Waals surface area contributed by atoms with Crippen LogP contribution in [0, 0.1) is 6.92 Å². The van der Waals surface area contributed by atoms with Crippen molar-refractivity contribution in [3.05, 3.63) is 153 Å². The summed E-state index contributed by atoms with van der Waals surface area (Å²) >= 11 is 12.7. The van der Waals surface area contributed by atoms with E-state index in [0.29, 0.717) is 53.7 Å². The first-order valence-electron chi connectivity index (χ1n) is 16.6. The van der Waals surface area contributed by atoms with Crippen molar-refractivity contribution in [1.29, 1.82) is 0 Å². The smallest absolute Gasteiger partial charge is 0.246 e. The predicted molar refractivity (Wildman–Crippen MR) is 199 cm³/mol. The van der Waals surface area contributed by atoms with Gasteiger partial charge in [-0.1, -0.05) is 83.9 Å². The molecule has 1 aliphatic heterocycles. The van der Waals surface area contributed by atoms with Crippen LogP contribution in [0.1, 0.15) is 27.8 Å². The molecule has 0 aliphatic carbocycles. The van der Waals surface area contributed by atoms with Crippen LogP contribution in [0.5, 0.6) is 23.1 Å². The van der Waals surface area contributed by atoms with Crippen LogP contribution in [0.25, 0.3) is 6.08 Å². The van der Waals surface area contributed by atoms with E-state index in [9.17, 15) is 4.79 Å². The Morgan fingerprint density at radius 1 is 0.800 bits per heavy atom. The molecule has 1 fully saturated rings. The lowest BCUT2D eigenvalue weighted by Crippen LogP contribution is -2.47. The molecule has 0 radical (unpaired) electrons. The van der Waals surface area contributed by atoms with Gasteiger partial charge in [0.15, 0.2) is 0 Å². The van der Waals surface area contributed by atoms with Crippen LogP contribution in [0.4, 0.5) is 0 Å². The van der Waals surface area contributed by atoms with Gasteiger partial charge >= 0.3 is 0 Å². The van der Waals surface area contributed by atoms with Crippen LogP contribution in [-0.4, -0.2) is 53.5 Å². The zero-order valence-electron chi connectivity index (χ0n) is 27.9. The van der Waals surface area contributed by atoms with Crippen molar-refractivity contribution < 1.29 is 19.0 Å². The molecule has 1 amide bonds. The fourth-order valence-corrected chi connectivity index (χ4v) is 5.98. The topological polar surface area (TPSA) is 64.1 Å². The second-order valence-corrected chi connectivity index (χ2v) is 13.0. The quantitative estimate of drug-likeness (QED) is 0.114. The Bertz CT molecular complexity index is 1910. The molecule has 0 atom stereocenters. The van der Waals surface area contributed by atoms with Gasteiger partial charge < -0.3 is 19.1 Å². The first-order valence-corrected chi connectivity index (χ1v) is 17.4. The highest BCUT2D eigenvalue weighted by Gasteiger charge is 2.20. The van der Waals surface area contributed by atoms with Gasteiger partial charge in [-0.2, -0.15) is 0 Å². The summed E-state index contributed by atoms with van der Waals surface area (Å²) in [5.74, 6) is 2.33. The Morgan fingerprint density at radius 3 is 2.34 bits per heavy atom. The van der Waals surface area contributed by atoms with Gasteiger partial charge in [0.2, 0.25) is 11.8 Å². The molecule has 1 aliphatic rings. The third-order valence-corrected chi connectivity index (χ3v) is 9.08. The van der Waals surface area contributed by atoms with E-state index in [1.807, 2.05) is 47.4 Å². The zero-order valence-corrected chi connectivity index (χ0v) is 29.4. The van der Waals surface area contributed by atoms with Crippen LogP contribution < -0.4 is 14.2 Å². The molecule has 0 saturated carbocycles. The average Bonchev–Trinajstić information content (AvgIpc) is 3.13. The van der Waals surface area contributed by atoms with E-state index in [1.54, 1.807) is 42.6 Å². The summed E-state index contributed by atoms with van der Waals surface area (Å²) in [5, 5.41) is 1.07. The normalized spacial score (nSPS) is 13.4. The van der Waals surface area contributed by atoms with Gasteiger partial charge in [-0.05, 0) is 71.7 Å². The number of aromatic nitrogens is 1. The maximum absolute atomic E-state index is 13.0. The molecule has 0 unspecified atom stereocenters. The van der Waals surface area contributed by atoms with Crippen molar-refractivity contribution in [2.45, 2.75) is 26.5 Å². The third kappa shape index (κ3) is 10.1. The number of piperazine rings is 1. The number of hydrogen-bond donors (Lipinski definition) is 0. The van der Waals surface area contributed by atoms with Crippen molar-refractivity contribution >= 4 is 35.2 Å². The summed E-state index contributed by atoms with van der Waals surface area (Å²) in [4.78, 5) is 21.6. The second kappa shape index (κ2) is 17.2. The first-order chi connectivity index (χ1) is 24.4. The van der Waals surface area contributed by atoms with Crippen molar-refractivity contribution in [2.24, 2.45) is 0 Å². The predicted octanol–water partition coefficient (Wildman–Crippen LogP) is 9.05. The lowest BCUT2D eigenvalue weighted by atomic mass is 10.1. The third-order valence-electron chi connectivity index (χ3n) is 8.41. The Hall–Kier alpha value is -4.82. The number of rotatable bonds is 13. The number of aryl methyl sites for hydroxylation is 1. The van der Waals surface area contributed by atoms with Crippen molar-refractivity contribution in [1.82, 2.24) is 14.8 Å². The van der Waals surface area contributed by atoms with Crippen molar-refractivity contribution in [3.8, 4) is 23.1 Å². The fourth-order valence-electron chi connectivity index (χ4n) is 5.57. The van der Waals surface area contributed by atoms with Gasteiger partial charge in [-0.15, -0.1) is 0 Å². The second-order valence-electron chi connectivity index (χ2n) is 12.2. The number of carbonyl (C=O) groups excluding carboxylic acids is 1. The molecule has 0 N–H and O–H groups in total.